The second-order valence-corrected chi connectivity index (χ2v) is 9.09. The van der Waals surface area contributed by atoms with E-state index in [1.165, 1.54) is 17.0 Å². The fourth-order valence-electron chi connectivity index (χ4n) is 4.58. The van der Waals surface area contributed by atoms with E-state index >= 15 is 4.39 Å². The number of carbonyl (C=O) groups excluding carboxylic acids is 2. The maximum Gasteiger partial charge on any atom is 0.415 e. The fourth-order valence-corrected chi connectivity index (χ4v) is 4.73. The number of methoxy groups -OCH3 is 1. The van der Waals surface area contributed by atoms with Gasteiger partial charge in [0, 0.05) is 13.7 Å². The van der Waals surface area contributed by atoms with Crippen molar-refractivity contribution in [2.24, 2.45) is 0 Å². The summed E-state index contributed by atoms with van der Waals surface area (Å²) in [6.07, 6.45) is -4.17. The molecule has 35 heavy (non-hydrogen) atoms. The van der Waals surface area contributed by atoms with Crippen molar-refractivity contribution >= 4 is 35.1 Å². The van der Waals surface area contributed by atoms with Crippen molar-refractivity contribution < 1.29 is 36.6 Å². The number of rotatable bonds is 4. The highest BCUT2D eigenvalue weighted by Crippen LogP contribution is 2.45. The number of fused-ring (bicyclic) bond motifs is 2. The standard InChI is InChI=1S/C21H22ClF4N5O4/c1-19(10-34-2,21(24,25)26)31-16(27)11(8-28-31)17(32)30-7-3-6-20(9-30)14-13(29-18(33)35-20)5-4-12(22)15(14)23/h4-5,8H,3,6-7,9-10,27H2,1-2H3,(H,29,33)/t19?,20-/m0/s1. The Kier molecular flexibility index (Phi) is 6.12. The first-order valence-corrected chi connectivity index (χ1v) is 10.9. The van der Waals surface area contributed by atoms with Crippen molar-refractivity contribution in [1.82, 2.24) is 14.7 Å². The molecule has 1 unspecified atom stereocenters. The van der Waals surface area contributed by atoms with E-state index in [0.29, 0.717) is 11.1 Å². The third-order valence-electron chi connectivity index (χ3n) is 6.36. The van der Waals surface area contributed by atoms with Crippen LogP contribution in [0.25, 0.3) is 0 Å². The highest BCUT2D eigenvalue weighted by Gasteiger charge is 2.55. The maximum absolute atomic E-state index is 15.1. The molecule has 1 saturated heterocycles. The summed E-state index contributed by atoms with van der Waals surface area (Å²) in [5, 5.41) is 5.96. The molecule has 9 nitrogen and oxygen atoms in total. The molecule has 2 atom stereocenters. The Labute approximate surface area is 202 Å². The quantitative estimate of drug-likeness (QED) is 0.593. The molecule has 3 heterocycles. The largest absolute Gasteiger partial charge is 0.436 e. The van der Waals surface area contributed by atoms with E-state index in [1.54, 1.807) is 0 Å². The molecule has 3 N–H and O–H groups in total. The lowest BCUT2D eigenvalue weighted by Gasteiger charge is -2.45. The number of nitrogens with zero attached hydrogens (tertiary/aromatic N) is 3. The number of hydrogen-bond acceptors (Lipinski definition) is 6. The minimum Gasteiger partial charge on any atom is -0.436 e. The molecule has 0 saturated carbocycles. The summed E-state index contributed by atoms with van der Waals surface area (Å²) in [7, 11) is 1.10. The minimum atomic E-state index is -4.79. The summed E-state index contributed by atoms with van der Waals surface area (Å²) in [4.78, 5) is 26.8. The number of alkyl halides is 3. The highest BCUT2D eigenvalue weighted by atomic mass is 35.5. The number of carbonyl (C=O) groups is 2. The van der Waals surface area contributed by atoms with E-state index in [4.69, 9.17) is 26.8 Å². The lowest BCUT2D eigenvalue weighted by Crippen LogP contribution is -2.53. The van der Waals surface area contributed by atoms with Crippen LogP contribution in [-0.4, -0.2) is 59.7 Å². The third-order valence-corrected chi connectivity index (χ3v) is 6.65. The van der Waals surface area contributed by atoms with Gasteiger partial charge in [-0.25, -0.2) is 13.9 Å². The van der Waals surface area contributed by atoms with Gasteiger partial charge in [0.2, 0.25) is 0 Å². The number of nitrogens with two attached hydrogens (primary N) is 1. The molecule has 1 spiro atoms. The van der Waals surface area contributed by atoms with E-state index in [2.05, 4.69) is 10.4 Å². The van der Waals surface area contributed by atoms with Gasteiger partial charge in [-0.3, -0.25) is 10.1 Å². The molecule has 0 radical (unpaired) electrons. The second-order valence-electron chi connectivity index (χ2n) is 8.68. The Morgan fingerprint density at radius 1 is 1.40 bits per heavy atom. The van der Waals surface area contributed by atoms with E-state index in [1.807, 2.05) is 0 Å². The summed E-state index contributed by atoms with van der Waals surface area (Å²) >= 11 is 5.95. The van der Waals surface area contributed by atoms with Crippen LogP contribution in [0.3, 0.4) is 0 Å². The molecule has 0 aliphatic carbocycles. The number of nitrogens with one attached hydrogen (secondary N) is 1. The molecule has 14 heteroatoms. The normalized spacial score (nSPS) is 21.8. The number of anilines is 2. The number of amides is 2. The zero-order valence-corrected chi connectivity index (χ0v) is 19.5. The monoisotopic (exact) mass is 519 g/mol. The van der Waals surface area contributed by atoms with Gasteiger partial charge in [-0.2, -0.15) is 18.3 Å². The Morgan fingerprint density at radius 2 is 2.11 bits per heavy atom. The average molecular weight is 520 g/mol. The van der Waals surface area contributed by atoms with Crippen LogP contribution in [0.15, 0.2) is 18.3 Å². The molecule has 0 bridgehead atoms. The number of nitrogen functional groups attached to an aromatic ring is 1. The zero-order chi connectivity index (χ0) is 25.8. The number of piperidine rings is 1. The van der Waals surface area contributed by atoms with E-state index < -0.39 is 47.6 Å². The summed E-state index contributed by atoms with van der Waals surface area (Å²) < 4.78 is 67.2. The Hall–Kier alpha value is -3.06. The van der Waals surface area contributed by atoms with Gasteiger partial charge in [-0.05, 0) is 31.9 Å². The van der Waals surface area contributed by atoms with Crippen molar-refractivity contribution in [3.63, 3.8) is 0 Å². The lowest BCUT2D eigenvalue weighted by atomic mass is 9.83. The summed E-state index contributed by atoms with van der Waals surface area (Å²) in [6.45, 7) is -0.0321. The van der Waals surface area contributed by atoms with Gasteiger partial charge in [-0.15, -0.1) is 0 Å². The predicted octanol–water partition coefficient (Wildman–Crippen LogP) is 3.88. The number of hydrogen-bond donors (Lipinski definition) is 2. The summed E-state index contributed by atoms with van der Waals surface area (Å²) in [6, 6.07) is 2.72. The number of benzene rings is 1. The van der Waals surface area contributed by atoms with Gasteiger partial charge in [0.15, 0.2) is 17.0 Å². The van der Waals surface area contributed by atoms with Gasteiger partial charge >= 0.3 is 12.3 Å². The van der Waals surface area contributed by atoms with Crippen LogP contribution in [0.4, 0.5) is 33.9 Å². The SMILES string of the molecule is COCC(C)(n1ncc(C(=O)N2CCC[C@@]3(C2)OC(=O)Nc2ccc(Cl)c(F)c23)c1N)C(F)(F)F. The number of likely N-dealkylation sites (tertiary alicyclic amines) is 1. The molecular weight excluding hydrogens is 498 g/mol. The first kappa shape index (κ1) is 25.0. The molecule has 2 amide bonds. The van der Waals surface area contributed by atoms with Crippen LogP contribution in [0.1, 0.15) is 35.7 Å². The highest BCUT2D eigenvalue weighted by molar-refractivity contribution is 6.31. The number of halogens is 5. The first-order valence-electron chi connectivity index (χ1n) is 10.5. The minimum absolute atomic E-state index is 0.00416. The maximum atomic E-state index is 15.1. The van der Waals surface area contributed by atoms with Gasteiger partial charge in [-0.1, -0.05) is 11.6 Å². The molecule has 1 aromatic heterocycles. The molecule has 1 aromatic carbocycles. The van der Waals surface area contributed by atoms with Crippen molar-refractivity contribution in [3.05, 3.63) is 40.3 Å². The smallest absolute Gasteiger partial charge is 0.415 e. The van der Waals surface area contributed by atoms with E-state index in [-0.39, 0.29) is 41.3 Å². The number of ether oxygens (including phenoxy) is 2. The van der Waals surface area contributed by atoms with Crippen LogP contribution in [-0.2, 0) is 20.6 Å². The fraction of sp³-hybridized carbons (Fsp3) is 0.476. The molecule has 2 aliphatic rings. The molecule has 2 aliphatic heterocycles. The number of aromatic nitrogens is 2. The van der Waals surface area contributed by atoms with Crippen LogP contribution >= 0.6 is 11.6 Å². The Bertz CT molecular complexity index is 1190. The van der Waals surface area contributed by atoms with Gasteiger partial charge in [0.25, 0.3) is 5.91 Å². The lowest BCUT2D eigenvalue weighted by molar-refractivity contribution is -0.224. The van der Waals surface area contributed by atoms with Crippen molar-refractivity contribution in [2.45, 2.75) is 37.1 Å². The second kappa shape index (κ2) is 8.55. The average Bonchev–Trinajstić information content (AvgIpc) is 3.16. The van der Waals surface area contributed by atoms with Gasteiger partial charge < -0.3 is 20.1 Å². The van der Waals surface area contributed by atoms with Gasteiger partial charge in [0.05, 0.1) is 35.6 Å². The van der Waals surface area contributed by atoms with Crippen LogP contribution < -0.4 is 11.1 Å². The van der Waals surface area contributed by atoms with Crippen molar-refractivity contribution in [1.29, 1.82) is 0 Å². The van der Waals surface area contributed by atoms with Crippen LogP contribution in [0.2, 0.25) is 5.02 Å². The van der Waals surface area contributed by atoms with Crippen molar-refractivity contribution in [2.75, 3.05) is 37.9 Å². The topological polar surface area (TPSA) is 112 Å². The zero-order valence-electron chi connectivity index (χ0n) is 18.7. The predicted molar refractivity (Wildman–Crippen MR) is 117 cm³/mol. The molecular formula is C21H22ClF4N5O4. The van der Waals surface area contributed by atoms with E-state index in [0.717, 1.165) is 20.2 Å². The third kappa shape index (κ3) is 3.96. The molecule has 2 aromatic rings. The van der Waals surface area contributed by atoms with E-state index in [9.17, 15) is 22.8 Å². The summed E-state index contributed by atoms with van der Waals surface area (Å²) in [5.41, 5.74) is 1.67. The van der Waals surface area contributed by atoms with Crippen molar-refractivity contribution in [3.8, 4) is 0 Å². The first-order chi connectivity index (χ1) is 16.3. The Balaban J connectivity index is 1.70. The van der Waals surface area contributed by atoms with Crippen LogP contribution in [0, 0.1) is 5.82 Å². The molecule has 190 valence electrons. The van der Waals surface area contributed by atoms with Crippen LogP contribution in [0.5, 0.6) is 0 Å². The van der Waals surface area contributed by atoms with Gasteiger partial charge in [0.1, 0.15) is 11.4 Å². The Morgan fingerprint density at radius 3 is 2.77 bits per heavy atom. The molecule has 1 fully saturated rings. The molecule has 4 rings (SSSR count). The summed E-state index contributed by atoms with van der Waals surface area (Å²) in [5.74, 6) is -2.05.